The van der Waals surface area contributed by atoms with Crippen LogP contribution in [0.5, 0.6) is 0 Å². The lowest BCUT2D eigenvalue weighted by molar-refractivity contribution is 0.0931. The summed E-state index contributed by atoms with van der Waals surface area (Å²) < 4.78 is 10.9. The normalized spacial score (nSPS) is 14.2. The Morgan fingerprint density at radius 1 is 1.20 bits per heavy atom. The van der Waals surface area contributed by atoms with Gasteiger partial charge in [0, 0.05) is 7.11 Å². The lowest BCUT2D eigenvalue weighted by atomic mass is 10.1. The summed E-state index contributed by atoms with van der Waals surface area (Å²) in [6.45, 7) is 4.90. The number of methoxy groups -OCH3 is 1. The Bertz CT molecular complexity index is 513. The lowest BCUT2D eigenvalue weighted by Crippen LogP contribution is -2.23. The minimum Gasteiger partial charge on any atom is -0.420 e. The van der Waals surface area contributed by atoms with Crippen LogP contribution in [0.2, 0.25) is 0 Å². The zero-order chi connectivity index (χ0) is 14.4. The summed E-state index contributed by atoms with van der Waals surface area (Å²) >= 11 is 0. The summed E-state index contributed by atoms with van der Waals surface area (Å²) in [5.74, 6) is 1.07. The van der Waals surface area contributed by atoms with Gasteiger partial charge in [0.05, 0.1) is 0 Å². The third-order valence-electron chi connectivity index (χ3n) is 3.14. The highest BCUT2D eigenvalue weighted by atomic mass is 16.5. The van der Waals surface area contributed by atoms with E-state index in [0.717, 1.165) is 18.5 Å². The molecule has 0 aliphatic rings. The van der Waals surface area contributed by atoms with E-state index in [1.807, 2.05) is 25.1 Å². The standard InChI is InChI=1S/C15H21N3O2/c1-4-10-16-13(12-8-6-5-7-9-12)15-18-17-14(20-15)11(2)19-3/h5-9,11,13,16H,4,10H2,1-3H3. The number of nitrogens with one attached hydrogen (secondary N) is 1. The fourth-order valence-electron chi connectivity index (χ4n) is 1.91. The second-order valence-corrected chi connectivity index (χ2v) is 4.65. The summed E-state index contributed by atoms with van der Waals surface area (Å²) in [5, 5.41) is 11.7. The largest absolute Gasteiger partial charge is 0.420 e. The summed E-state index contributed by atoms with van der Waals surface area (Å²) in [5.41, 5.74) is 1.11. The number of benzene rings is 1. The zero-order valence-corrected chi connectivity index (χ0v) is 12.2. The van der Waals surface area contributed by atoms with Gasteiger partial charge in [-0.05, 0) is 25.5 Å². The first-order chi connectivity index (χ1) is 9.76. The molecule has 1 aromatic heterocycles. The Morgan fingerprint density at radius 3 is 2.55 bits per heavy atom. The highest BCUT2D eigenvalue weighted by Gasteiger charge is 2.21. The van der Waals surface area contributed by atoms with Crippen LogP contribution >= 0.6 is 0 Å². The molecule has 5 heteroatoms. The van der Waals surface area contributed by atoms with Gasteiger partial charge >= 0.3 is 0 Å². The molecule has 0 saturated carbocycles. The van der Waals surface area contributed by atoms with Gasteiger partial charge in [0.25, 0.3) is 0 Å². The molecule has 0 radical (unpaired) electrons. The average molecular weight is 275 g/mol. The number of ether oxygens (including phenoxy) is 1. The van der Waals surface area contributed by atoms with Gasteiger partial charge in [-0.2, -0.15) is 0 Å². The van der Waals surface area contributed by atoms with Gasteiger partial charge in [-0.25, -0.2) is 0 Å². The van der Waals surface area contributed by atoms with Gasteiger partial charge in [-0.3, -0.25) is 0 Å². The van der Waals surface area contributed by atoms with E-state index in [9.17, 15) is 0 Å². The number of rotatable bonds is 7. The molecule has 1 N–H and O–H groups in total. The van der Waals surface area contributed by atoms with Crippen molar-refractivity contribution in [3.05, 3.63) is 47.7 Å². The molecule has 2 aromatic rings. The van der Waals surface area contributed by atoms with Crippen LogP contribution in [0.3, 0.4) is 0 Å². The number of aromatic nitrogens is 2. The molecule has 0 aliphatic carbocycles. The maximum Gasteiger partial charge on any atom is 0.244 e. The van der Waals surface area contributed by atoms with Crippen molar-refractivity contribution in [1.82, 2.24) is 15.5 Å². The van der Waals surface area contributed by atoms with Crippen LogP contribution in [0.15, 0.2) is 34.7 Å². The van der Waals surface area contributed by atoms with E-state index in [0.29, 0.717) is 11.8 Å². The van der Waals surface area contributed by atoms with E-state index in [1.165, 1.54) is 0 Å². The van der Waals surface area contributed by atoms with Crippen LogP contribution in [-0.2, 0) is 4.74 Å². The first-order valence-corrected chi connectivity index (χ1v) is 6.90. The molecule has 0 bridgehead atoms. The molecule has 0 saturated heterocycles. The van der Waals surface area contributed by atoms with Gasteiger partial charge in [0.1, 0.15) is 12.1 Å². The smallest absolute Gasteiger partial charge is 0.244 e. The fraction of sp³-hybridized carbons (Fsp3) is 0.467. The van der Waals surface area contributed by atoms with E-state index in [-0.39, 0.29) is 12.1 Å². The van der Waals surface area contributed by atoms with E-state index >= 15 is 0 Å². The number of hydrogen-bond acceptors (Lipinski definition) is 5. The minimum atomic E-state index is -0.196. The average Bonchev–Trinajstić information content (AvgIpc) is 2.98. The van der Waals surface area contributed by atoms with Crippen molar-refractivity contribution in [2.24, 2.45) is 0 Å². The van der Waals surface area contributed by atoms with E-state index < -0.39 is 0 Å². The van der Waals surface area contributed by atoms with Gasteiger partial charge in [0.15, 0.2) is 0 Å². The quantitative estimate of drug-likeness (QED) is 0.842. The predicted octanol–water partition coefficient (Wildman–Crippen LogP) is 2.87. The van der Waals surface area contributed by atoms with E-state index in [1.54, 1.807) is 7.11 Å². The second kappa shape index (κ2) is 7.17. The molecule has 0 spiro atoms. The number of hydrogen-bond donors (Lipinski definition) is 1. The summed E-state index contributed by atoms with van der Waals surface area (Å²) in [4.78, 5) is 0. The Labute approximate surface area is 119 Å². The molecule has 2 rings (SSSR count). The van der Waals surface area contributed by atoms with Crippen molar-refractivity contribution < 1.29 is 9.15 Å². The van der Waals surface area contributed by atoms with Crippen LogP contribution in [0.25, 0.3) is 0 Å². The highest BCUT2D eigenvalue weighted by Crippen LogP contribution is 2.23. The second-order valence-electron chi connectivity index (χ2n) is 4.65. The van der Waals surface area contributed by atoms with E-state index in [4.69, 9.17) is 9.15 Å². The lowest BCUT2D eigenvalue weighted by Gasteiger charge is -2.15. The molecule has 1 heterocycles. The Morgan fingerprint density at radius 2 is 1.90 bits per heavy atom. The van der Waals surface area contributed by atoms with Crippen LogP contribution in [0.4, 0.5) is 0 Å². The van der Waals surface area contributed by atoms with Gasteiger partial charge in [-0.15, -0.1) is 10.2 Å². The third-order valence-corrected chi connectivity index (χ3v) is 3.14. The molecular formula is C15H21N3O2. The van der Waals surface area contributed by atoms with Crippen molar-refractivity contribution >= 4 is 0 Å². The highest BCUT2D eigenvalue weighted by molar-refractivity contribution is 5.23. The van der Waals surface area contributed by atoms with Crippen LogP contribution in [-0.4, -0.2) is 23.9 Å². The van der Waals surface area contributed by atoms with Crippen LogP contribution < -0.4 is 5.32 Å². The maximum atomic E-state index is 5.74. The molecule has 20 heavy (non-hydrogen) atoms. The molecule has 0 aliphatic heterocycles. The molecule has 1 aromatic carbocycles. The SMILES string of the molecule is CCCNC(c1ccccc1)c1nnc(C(C)OC)o1. The molecule has 5 nitrogen and oxygen atoms in total. The van der Waals surface area contributed by atoms with Crippen LogP contribution in [0.1, 0.15) is 49.8 Å². The summed E-state index contributed by atoms with van der Waals surface area (Å²) in [7, 11) is 1.62. The zero-order valence-electron chi connectivity index (χ0n) is 12.2. The molecule has 108 valence electrons. The maximum absolute atomic E-state index is 5.74. The minimum absolute atomic E-state index is 0.0820. The summed E-state index contributed by atoms with van der Waals surface area (Å²) in [6.07, 6.45) is 0.845. The van der Waals surface area contributed by atoms with E-state index in [2.05, 4.69) is 34.6 Å². The Hall–Kier alpha value is -1.72. The molecule has 0 fully saturated rings. The fourth-order valence-corrected chi connectivity index (χ4v) is 1.91. The molecule has 2 atom stereocenters. The molecule has 2 unspecified atom stereocenters. The van der Waals surface area contributed by atoms with Crippen molar-refractivity contribution in [2.45, 2.75) is 32.4 Å². The number of nitrogens with zero attached hydrogens (tertiary/aromatic N) is 2. The van der Waals surface area contributed by atoms with Crippen molar-refractivity contribution in [3.63, 3.8) is 0 Å². The first kappa shape index (κ1) is 14.7. The molecule has 0 amide bonds. The van der Waals surface area contributed by atoms with Gasteiger partial charge in [0.2, 0.25) is 11.8 Å². The Balaban J connectivity index is 2.24. The van der Waals surface area contributed by atoms with Gasteiger partial charge in [-0.1, -0.05) is 37.3 Å². The van der Waals surface area contributed by atoms with Crippen molar-refractivity contribution in [2.75, 3.05) is 13.7 Å². The Kier molecular flexibility index (Phi) is 5.26. The first-order valence-electron chi connectivity index (χ1n) is 6.90. The predicted molar refractivity (Wildman–Crippen MR) is 76.3 cm³/mol. The molecular weight excluding hydrogens is 254 g/mol. The monoisotopic (exact) mass is 275 g/mol. The third kappa shape index (κ3) is 3.43. The van der Waals surface area contributed by atoms with Crippen molar-refractivity contribution in [1.29, 1.82) is 0 Å². The van der Waals surface area contributed by atoms with Crippen LogP contribution in [0, 0.1) is 0 Å². The topological polar surface area (TPSA) is 60.2 Å². The summed E-state index contributed by atoms with van der Waals surface area (Å²) in [6, 6.07) is 10.0. The van der Waals surface area contributed by atoms with Crippen molar-refractivity contribution in [3.8, 4) is 0 Å². The van der Waals surface area contributed by atoms with Gasteiger partial charge < -0.3 is 14.5 Å².